The summed E-state index contributed by atoms with van der Waals surface area (Å²) in [6.45, 7) is 8.11. The molecular formula is C31H34ClN7O4S3. The molecular weight excluding hydrogens is 666 g/mol. The van der Waals surface area contributed by atoms with E-state index >= 15 is 0 Å². The average molecular weight is 700 g/mol. The van der Waals surface area contributed by atoms with Gasteiger partial charge in [-0.05, 0) is 54.0 Å². The molecule has 0 aliphatic carbocycles. The fourth-order valence-electron chi connectivity index (χ4n) is 4.64. The molecule has 0 unspecified atom stereocenters. The third-order valence-corrected chi connectivity index (χ3v) is 10.6. The Labute approximate surface area is 284 Å². The zero-order valence-corrected chi connectivity index (χ0v) is 28.7. The van der Waals surface area contributed by atoms with Crippen molar-refractivity contribution in [3.63, 3.8) is 0 Å². The van der Waals surface area contributed by atoms with Crippen molar-refractivity contribution in [2.75, 3.05) is 61.9 Å². The molecule has 1 aromatic carbocycles. The van der Waals surface area contributed by atoms with E-state index in [-0.39, 0.29) is 25.4 Å². The summed E-state index contributed by atoms with van der Waals surface area (Å²) < 4.78 is 10.4. The second-order valence-electron chi connectivity index (χ2n) is 10.3. The molecule has 5 rings (SSSR count). The molecule has 1 fully saturated rings. The van der Waals surface area contributed by atoms with E-state index < -0.39 is 6.16 Å². The standard InChI is InChI=1S/C31H34ClN7O4S3/c1-21-6-5-7-24(32)23(21)18-25(40)26-20-34-30(45-26)37-27-19-28(36-22(2)35-27)39-12-10-38(11-13-39)14-15-42-31(41)43-16-17-44-46-29-8-3-4-9-33-29/h3-9,19-20H,10-18H2,1-2H3,(H,34,35,36,37). The number of carbonyl (C=O) groups excluding carboxylic acids is 2. The number of benzene rings is 1. The number of rotatable bonds is 14. The Hall–Kier alpha value is -3.43. The second kappa shape index (κ2) is 16.9. The van der Waals surface area contributed by atoms with Gasteiger partial charge in [0.1, 0.15) is 35.7 Å². The van der Waals surface area contributed by atoms with Gasteiger partial charge in [-0.15, -0.1) is 0 Å². The summed E-state index contributed by atoms with van der Waals surface area (Å²) in [5, 5.41) is 5.32. The molecule has 11 nitrogen and oxygen atoms in total. The molecule has 0 bridgehead atoms. The van der Waals surface area contributed by atoms with E-state index in [0.29, 0.717) is 39.0 Å². The van der Waals surface area contributed by atoms with Gasteiger partial charge < -0.3 is 19.7 Å². The Morgan fingerprint density at radius 2 is 1.85 bits per heavy atom. The Morgan fingerprint density at radius 1 is 1.02 bits per heavy atom. The number of aryl methyl sites for hydroxylation is 2. The van der Waals surface area contributed by atoms with Gasteiger partial charge in [0.05, 0.1) is 11.1 Å². The maximum Gasteiger partial charge on any atom is 0.508 e. The van der Waals surface area contributed by atoms with Crippen LogP contribution >= 0.6 is 44.5 Å². The van der Waals surface area contributed by atoms with Gasteiger partial charge in [0.15, 0.2) is 10.9 Å². The van der Waals surface area contributed by atoms with E-state index in [9.17, 15) is 9.59 Å². The number of nitrogens with one attached hydrogen (secondary N) is 1. The van der Waals surface area contributed by atoms with Crippen LogP contribution in [0.1, 0.15) is 26.6 Å². The van der Waals surface area contributed by atoms with Crippen molar-refractivity contribution >= 4 is 73.2 Å². The largest absolute Gasteiger partial charge is 0.508 e. The predicted molar refractivity (Wildman–Crippen MR) is 185 cm³/mol. The average Bonchev–Trinajstić information content (AvgIpc) is 3.52. The van der Waals surface area contributed by atoms with Gasteiger partial charge in [-0.1, -0.05) is 51.9 Å². The minimum atomic E-state index is -0.647. The number of aromatic nitrogens is 4. The maximum atomic E-state index is 12.9. The lowest BCUT2D eigenvalue weighted by molar-refractivity contribution is 0.0515. The van der Waals surface area contributed by atoms with Gasteiger partial charge in [-0.2, -0.15) is 0 Å². The van der Waals surface area contributed by atoms with E-state index in [1.807, 2.05) is 50.2 Å². The first kappa shape index (κ1) is 33.9. The van der Waals surface area contributed by atoms with Crippen molar-refractivity contribution < 1.29 is 19.1 Å². The number of pyridine rings is 1. The molecule has 4 heterocycles. The number of anilines is 3. The fourth-order valence-corrected chi connectivity index (χ4v) is 7.40. The minimum absolute atomic E-state index is 0.0350. The van der Waals surface area contributed by atoms with Crippen LogP contribution in [0.3, 0.4) is 0 Å². The van der Waals surface area contributed by atoms with Crippen molar-refractivity contribution in [1.29, 1.82) is 0 Å². The van der Waals surface area contributed by atoms with Crippen LogP contribution in [0, 0.1) is 13.8 Å². The molecule has 46 heavy (non-hydrogen) atoms. The number of hydrogen-bond donors (Lipinski definition) is 1. The first-order chi connectivity index (χ1) is 22.3. The number of hydrogen-bond acceptors (Lipinski definition) is 14. The Morgan fingerprint density at radius 3 is 2.63 bits per heavy atom. The van der Waals surface area contributed by atoms with Gasteiger partial charge in [0.25, 0.3) is 0 Å². The molecule has 0 spiro atoms. The van der Waals surface area contributed by atoms with E-state index in [1.54, 1.807) is 40.0 Å². The molecule has 242 valence electrons. The molecule has 1 saturated heterocycles. The number of ether oxygens (including phenoxy) is 2. The highest BCUT2D eigenvalue weighted by Gasteiger charge is 2.20. The van der Waals surface area contributed by atoms with Gasteiger partial charge in [-0.25, -0.2) is 24.7 Å². The predicted octanol–water partition coefficient (Wildman–Crippen LogP) is 6.48. The van der Waals surface area contributed by atoms with Crippen LogP contribution in [-0.2, 0) is 15.9 Å². The van der Waals surface area contributed by atoms with Crippen LogP contribution < -0.4 is 10.2 Å². The lowest BCUT2D eigenvalue weighted by atomic mass is 10.0. The van der Waals surface area contributed by atoms with Crippen LogP contribution in [0.5, 0.6) is 0 Å². The summed E-state index contributed by atoms with van der Waals surface area (Å²) in [6.07, 6.45) is 2.91. The van der Waals surface area contributed by atoms with E-state index in [0.717, 1.165) is 48.1 Å². The maximum absolute atomic E-state index is 12.9. The summed E-state index contributed by atoms with van der Waals surface area (Å²) in [5.41, 5.74) is 1.82. The summed E-state index contributed by atoms with van der Waals surface area (Å²) in [4.78, 5) is 47.7. The third-order valence-electron chi connectivity index (χ3n) is 7.02. The topological polar surface area (TPSA) is 123 Å². The van der Waals surface area contributed by atoms with Gasteiger partial charge in [0, 0.05) is 62.2 Å². The zero-order valence-electron chi connectivity index (χ0n) is 25.5. The Kier molecular flexibility index (Phi) is 12.5. The molecule has 15 heteroatoms. The number of thiazole rings is 1. The van der Waals surface area contributed by atoms with Crippen molar-refractivity contribution in [1.82, 2.24) is 24.8 Å². The van der Waals surface area contributed by atoms with E-state index in [4.69, 9.17) is 21.1 Å². The molecule has 1 aliphatic rings. The number of piperazine rings is 1. The van der Waals surface area contributed by atoms with Crippen molar-refractivity contribution in [3.05, 3.63) is 81.7 Å². The summed E-state index contributed by atoms with van der Waals surface area (Å²) >= 11 is 7.61. The molecule has 1 N–H and O–H groups in total. The van der Waals surface area contributed by atoms with Gasteiger partial charge in [-0.3, -0.25) is 9.69 Å². The van der Waals surface area contributed by atoms with Crippen LogP contribution in [-0.4, -0.2) is 88.5 Å². The summed E-state index contributed by atoms with van der Waals surface area (Å²) in [7, 11) is 3.12. The second-order valence-corrected chi connectivity index (χ2v) is 14.2. The number of carbonyl (C=O) groups is 2. The molecule has 0 amide bonds. The van der Waals surface area contributed by atoms with Crippen LogP contribution in [0.15, 0.2) is 59.9 Å². The molecule has 1 aliphatic heterocycles. The van der Waals surface area contributed by atoms with E-state index in [2.05, 4.69) is 35.1 Å². The lowest BCUT2D eigenvalue weighted by Crippen LogP contribution is -2.47. The highest BCUT2D eigenvalue weighted by molar-refractivity contribution is 8.76. The first-order valence-electron chi connectivity index (χ1n) is 14.7. The molecule has 0 saturated carbocycles. The Balaban J connectivity index is 1.03. The fraction of sp³-hybridized carbons (Fsp3) is 0.355. The van der Waals surface area contributed by atoms with Gasteiger partial charge >= 0.3 is 6.16 Å². The minimum Gasteiger partial charge on any atom is -0.433 e. The monoisotopic (exact) mass is 699 g/mol. The van der Waals surface area contributed by atoms with E-state index in [1.165, 1.54) is 11.3 Å². The quantitative estimate of drug-likeness (QED) is 0.0669. The van der Waals surface area contributed by atoms with Crippen LogP contribution in [0.4, 0.5) is 21.6 Å². The molecule has 3 aromatic heterocycles. The molecule has 0 atom stereocenters. The van der Waals surface area contributed by atoms with Crippen molar-refractivity contribution in [3.8, 4) is 0 Å². The summed E-state index contributed by atoms with van der Waals surface area (Å²) in [5.74, 6) is 2.67. The van der Waals surface area contributed by atoms with Crippen molar-refractivity contribution in [2.45, 2.75) is 25.3 Å². The Bertz CT molecular complexity index is 1600. The van der Waals surface area contributed by atoms with Crippen LogP contribution in [0.2, 0.25) is 5.02 Å². The number of nitrogens with zero attached hydrogens (tertiary/aromatic N) is 6. The highest BCUT2D eigenvalue weighted by Crippen LogP contribution is 2.29. The lowest BCUT2D eigenvalue weighted by Gasteiger charge is -2.35. The highest BCUT2D eigenvalue weighted by atomic mass is 35.5. The number of ketones is 1. The van der Waals surface area contributed by atoms with Crippen molar-refractivity contribution in [2.24, 2.45) is 0 Å². The van der Waals surface area contributed by atoms with Crippen LogP contribution in [0.25, 0.3) is 0 Å². The smallest absolute Gasteiger partial charge is 0.433 e. The normalized spacial score (nSPS) is 13.4. The van der Waals surface area contributed by atoms with Gasteiger partial charge in [0.2, 0.25) is 0 Å². The zero-order chi connectivity index (χ0) is 32.3. The SMILES string of the molecule is Cc1nc(Nc2ncc(C(=O)Cc3c(C)cccc3Cl)s2)cc(N2CCN(CCOC(=O)OCCSSc3ccccn3)CC2)n1. The molecule has 4 aromatic rings. The first-order valence-corrected chi connectivity index (χ1v) is 18.2. The molecule has 0 radical (unpaired) electrons. The third kappa shape index (κ3) is 10.0. The number of Topliss-reactive ketones (excluding diaryl/α,β-unsaturated/α-hetero) is 1. The summed E-state index contributed by atoms with van der Waals surface area (Å²) in [6, 6.07) is 13.3. The number of halogens is 1.